The first-order valence-electron chi connectivity index (χ1n) is 20.2. The second kappa shape index (κ2) is 21.2. The number of ether oxygens (including phenoxy) is 3. The van der Waals surface area contributed by atoms with Crippen LogP contribution in [0.1, 0.15) is 92.2 Å². The highest BCUT2D eigenvalue weighted by Gasteiger charge is 2.44. The lowest BCUT2D eigenvalue weighted by molar-refractivity contribution is -0.159. The zero-order valence-electron chi connectivity index (χ0n) is 33.6. The van der Waals surface area contributed by atoms with E-state index in [1.807, 2.05) is 72.8 Å². The van der Waals surface area contributed by atoms with Crippen molar-refractivity contribution in [2.45, 2.75) is 84.1 Å². The highest BCUT2D eigenvalue weighted by molar-refractivity contribution is 6.32. The van der Waals surface area contributed by atoms with Crippen molar-refractivity contribution in [2.75, 3.05) is 27.1 Å². The van der Waals surface area contributed by atoms with Gasteiger partial charge in [-0.3, -0.25) is 9.59 Å². The fourth-order valence-corrected chi connectivity index (χ4v) is 8.21. The van der Waals surface area contributed by atoms with E-state index in [0.29, 0.717) is 68.5 Å². The standard InChI is InChI=1S/C44H51Cl2N7O6/c1-3-4-13-37-48-39(46)38(53(37)28-31-14-18-32(19-15-31)35-11-5-6-12-36(35)40-49-51-52-50-40)42(55)59-29-58-41(54)33(22-26-57-2)27-44(23-7-8-24-44)43(56)47-25-9-10-30-16-20-34(45)21-17-30/h5-6,11-12,14-21,33H,3-4,7-10,13,22-29H2,1-2H3,(H,47,56)(H,49,50,51,52). The summed E-state index contributed by atoms with van der Waals surface area (Å²) in [5, 5.41) is 18.3. The van der Waals surface area contributed by atoms with Gasteiger partial charge < -0.3 is 24.1 Å². The van der Waals surface area contributed by atoms with Crippen LogP contribution in [0.3, 0.4) is 0 Å². The minimum atomic E-state index is -0.762. The molecule has 1 atom stereocenters. The number of hydrogen-bond donors (Lipinski definition) is 2. The molecule has 0 radical (unpaired) electrons. The van der Waals surface area contributed by atoms with E-state index < -0.39 is 30.1 Å². The van der Waals surface area contributed by atoms with Crippen molar-refractivity contribution in [3.05, 3.63) is 106 Å². The van der Waals surface area contributed by atoms with Gasteiger partial charge in [0.1, 0.15) is 5.82 Å². The molecule has 15 heteroatoms. The van der Waals surface area contributed by atoms with Gasteiger partial charge in [0.25, 0.3) is 0 Å². The van der Waals surface area contributed by atoms with Gasteiger partial charge in [0.2, 0.25) is 18.5 Å². The number of aromatic amines is 1. The summed E-state index contributed by atoms with van der Waals surface area (Å²) in [4.78, 5) is 45.5. The molecule has 2 heterocycles. The van der Waals surface area contributed by atoms with Gasteiger partial charge in [-0.15, -0.1) is 10.2 Å². The maximum absolute atomic E-state index is 13.7. The number of tetrazole rings is 1. The van der Waals surface area contributed by atoms with E-state index in [9.17, 15) is 14.4 Å². The van der Waals surface area contributed by atoms with E-state index in [1.54, 1.807) is 11.7 Å². The largest absolute Gasteiger partial charge is 0.428 e. The molecule has 2 aromatic heterocycles. The van der Waals surface area contributed by atoms with Crippen molar-refractivity contribution < 1.29 is 28.6 Å². The fraction of sp³-hybridized carbons (Fsp3) is 0.432. The molecule has 59 heavy (non-hydrogen) atoms. The first-order valence-corrected chi connectivity index (χ1v) is 21.0. The zero-order valence-corrected chi connectivity index (χ0v) is 35.1. The van der Waals surface area contributed by atoms with Crippen molar-refractivity contribution in [1.29, 1.82) is 0 Å². The fourth-order valence-electron chi connectivity index (χ4n) is 7.81. The number of aryl methyl sites for hydroxylation is 2. The number of esters is 2. The van der Waals surface area contributed by atoms with Crippen molar-refractivity contribution in [2.24, 2.45) is 11.3 Å². The number of halogens is 2. The Morgan fingerprint density at radius 2 is 1.64 bits per heavy atom. The van der Waals surface area contributed by atoms with Gasteiger partial charge in [-0.1, -0.05) is 110 Å². The number of methoxy groups -OCH3 is 1. The molecule has 1 unspecified atom stereocenters. The van der Waals surface area contributed by atoms with Gasteiger partial charge in [0.15, 0.2) is 10.8 Å². The Hall–Kier alpha value is -5.11. The number of nitrogens with zero attached hydrogens (tertiary/aromatic N) is 5. The van der Waals surface area contributed by atoms with E-state index in [0.717, 1.165) is 66.3 Å². The third kappa shape index (κ3) is 11.3. The second-order valence-corrected chi connectivity index (χ2v) is 15.8. The number of rotatable bonds is 21. The van der Waals surface area contributed by atoms with Gasteiger partial charge in [0, 0.05) is 49.2 Å². The average molecular weight is 845 g/mol. The van der Waals surface area contributed by atoms with Crippen molar-refractivity contribution >= 4 is 41.0 Å². The summed E-state index contributed by atoms with van der Waals surface area (Å²) in [7, 11) is 1.57. The summed E-state index contributed by atoms with van der Waals surface area (Å²) in [5.74, 6) is -0.850. The van der Waals surface area contributed by atoms with Gasteiger partial charge in [-0.25, -0.2) is 9.78 Å². The van der Waals surface area contributed by atoms with Crippen LogP contribution in [0.5, 0.6) is 0 Å². The molecule has 1 aliphatic rings. The summed E-state index contributed by atoms with van der Waals surface area (Å²) in [5.41, 5.74) is 4.18. The first kappa shape index (κ1) is 43.5. The molecule has 0 aliphatic heterocycles. The third-order valence-electron chi connectivity index (χ3n) is 11.0. The van der Waals surface area contributed by atoms with E-state index >= 15 is 0 Å². The Morgan fingerprint density at radius 3 is 2.34 bits per heavy atom. The quantitative estimate of drug-likeness (QED) is 0.0416. The number of imidazole rings is 1. The molecular formula is C44H51Cl2N7O6. The number of carbonyl (C=O) groups excluding carboxylic acids is 3. The highest BCUT2D eigenvalue weighted by Crippen LogP contribution is 2.44. The predicted octanol–water partition coefficient (Wildman–Crippen LogP) is 8.44. The van der Waals surface area contributed by atoms with Gasteiger partial charge in [-0.05, 0) is 84.5 Å². The molecule has 1 saturated carbocycles. The van der Waals surface area contributed by atoms with Gasteiger partial charge in [-0.2, -0.15) is 5.21 Å². The lowest BCUT2D eigenvalue weighted by Crippen LogP contribution is -2.42. The molecule has 5 aromatic rings. The van der Waals surface area contributed by atoms with Crippen molar-refractivity contribution in [3.63, 3.8) is 0 Å². The van der Waals surface area contributed by atoms with Crippen LogP contribution in [0.25, 0.3) is 22.5 Å². The number of nitrogens with one attached hydrogen (secondary N) is 2. The third-order valence-corrected chi connectivity index (χ3v) is 11.5. The van der Waals surface area contributed by atoms with Crippen molar-refractivity contribution in [3.8, 4) is 22.5 Å². The molecule has 3 aromatic carbocycles. The lowest BCUT2D eigenvalue weighted by Gasteiger charge is -2.31. The first-order chi connectivity index (χ1) is 28.7. The van der Waals surface area contributed by atoms with Gasteiger partial charge >= 0.3 is 11.9 Å². The molecule has 312 valence electrons. The molecule has 0 bridgehead atoms. The normalized spacial score (nSPS) is 13.9. The summed E-state index contributed by atoms with van der Waals surface area (Å²) in [6, 6.07) is 23.5. The zero-order chi connectivity index (χ0) is 41.6. The minimum Gasteiger partial charge on any atom is -0.428 e. The van der Waals surface area contributed by atoms with E-state index in [1.165, 1.54) is 0 Å². The van der Waals surface area contributed by atoms with Crippen molar-refractivity contribution in [1.82, 2.24) is 35.5 Å². The molecule has 1 amide bonds. The molecule has 13 nitrogen and oxygen atoms in total. The van der Waals surface area contributed by atoms with Crippen LogP contribution in [0.4, 0.5) is 0 Å². The van der Waals surface area contributed by atoms with E-state index in [4.69, 9.17) is 37.4 Å². The number of aromatic nitrogens is 6. The Bertz CT molecular complexity index is 2140. The molecule has 0 spiro atoms. The number of benzene rings is 3. The molecule has 2 N–H and O–H groups in total. The van der Waals surface area contributed by atoms with Crippen LogP contribution in [0.2, 0.25) is 10.2 Å². The maximum atomic E-state index is 13.7. The Labute approximate surface area is 354 Å². The van der Waals surface area contributed by atoms with Crippen LogP contribution in [-0.4, -0.2) is 75.1 Å². The topological polar surface area (TPSA) is 163 Å². The number of unbranched alkanes of at least 4 members (excludes halogenated alkanes) is 1. The SMILES string of the molecule is CCCCc1nc(Cl)c(C(=O)OCOC(=O)C(CCOC)CC2(C(=O)NCCCc3ccc(Cl)cc3)CCCC2)n1Cc1ccc(-c2ccccc2-c2nn[nH]n2)cc1. The summed E-state index contributed by atoms with van der Waals surface area (Å²) >= 11 is 12.6. The van der Waals surface area contributed by atoms with Crippen LogP contribution in [-0.2, 0) is 43.2 Å². The number of H-pyrrole nitrogens is 1. The van der Waals surface area contributed by atoms with Crippen LogP contribution >= 0.6 is 23.2 Å². The Kier molecular flexibility index (Phi) is 15.6. The van der Waals surface area contributed by atoms with E-state index in [-0.39, 0.29) is 16.8 Å². The predicted molar refractivity (Wildman–Crippen MR) is 225 cm³/mol. The Balaban J connectivity index is 1.09. The van der Waals surface area contributed by atoms with Crippen LogP contribution < -0.4 is 5.32 Å². The lowest BCUT2D eigenvalue weighted by atomic mass is 9.76. The monoisotopic (exact) mass is 843 g/mol. The van der Waals surface area contributed by atoms with Crippen LogP contribution in [0, 0.1) is 11.3 Å². The second-order valence-electron chi connectivity index (χ2n) is 15.0. The summed E-state index contributed by atoms with van der Waals surface area (Å²) in [6.07, 6.45) is 7.79. The maximum Gasteiger partial charge on any atom is 0.361 e. The van der Waals surface area contributed by atoms with Crippen LogP contribution in [0.15, 0.2) is 72.8 Å². The smallest absolute Gasteiger partial charge is 0.361 e. The molecule has 6 rings (SSSR count). The summed E-state index contributed by atoms with van der Waals surface area (Å²) < 4.78 is 18.2. The molecule has 0 saturated heterocycles. The molecule has 1 aliphatic carbocycles. The molecular weight excluding hydrogens is 793 g/mol. The Morgan fingerprint density at radius 1 is 0.915 bits per heavy atom. The minimum absolute atomic E-state index is 0.0124. The van der Waals surface area contributed by atoms with Gasteiger partial charge in [0.05, 0.1) is 5.92 Å². The molecule has 1 fully saturated rings. The number of hydrogen-bond acceptors (Lipinski definition) is 10. The summed E-state index contributed by atoms with van der Waals surface area (Å²) in [6.45, 7) is 2.59. The highest BCUT2D eigenvalue weighted by atomic mass is 35.5. The number of carbonyl (C=O) groups is 3. The average Bonchev–Trinajstić information content (AvgIpc) is 4.03. The van der Waals surface area contributed by atoms with E-state index in [2.05, 4.69) is 37.8 Å². The number of amides is 1.